The highest BCUT2D eigenvalue weighted by atomic mass is 35.5. The minimum Gasteiger partial charge on any atom is -0.395 e. The molecular weight excluding hydrogens is 256 g/mol. The van der Waals surface area contributed by atoms with E-state index in [0.29, 0.717) is 29.7 Å². The molecule has 0 amide bonds. The van der Waals surface area contributed by atoms with Gasteiger partial charge in [0.2, 0.25) is 0 Å². The fourth-order valence-electron chi connectivity index (χ4n) is 2.04. The number of aliphatic hydroxyl groups is 1. The Bertz CT molecular complexity index is 449. The van der Waals surface area contributed by atoms with Gasteiger partial charge in [-0.05, 0) is 18.9 Å². The van der Waals surface area contributed by atoms with Gasteiger partial charge in [0.15, 0.2) is 0 Å². The zero-order valence-corrected chi connectivity index (χ0v) is 10.6. The van der Waals surface area contributed by atoms with E-state index in [1.54, 1.807) is 12.1 Å². The SMILES string of the molecule is O=[N+]([O-])c1cccc(Cl)c1CN(CCO)C1CC1. The first-order chi connectivity index (χ1) is 8.63. The predicted octanol–water partition coefficient (Wildman–Crippen LogP) is 2.20. The van der Waals surface area contributed by atoms with Gasteiger partial charge in [-0.25, -0.2) is 0 Å². The van der Waals surface area contributed by atoms with Crippen molar-refractivity contribution in [3.8, 4) is 0 Å². The molecule has 0 saturated heterocycles. The van der Waals surface area contributed by atoms with Crippen molar-refractivity contribution in [3.05, 3.63) is 38.9 Å². The number of hydrogen-bond acceptors (Lipinski definition) is 4. The van der Waals surface area contributed by atoms with E-state index in [9.17, 15) is 10.1 Å². The molecule has 0 unspecified atom stereocenters. The number of hydrogen-bond donors (Lipinski definition) is 1. The molecule has 2 rings (SSSR count). The van der Waals surface area contributed by atoms with Gasteiger partial charge in [-0.3, -0.25) is 15.0 Å². The van der Waals surface area contributed by atoms with Crippen LogP contribution >= 0.6 is 11.6 Å². The molecule has 0 radical (unpaired) electrons. The number of benzene rings is 1. The molecule has 5 nitrogen and oxygen atoms in total. The molecule has 1 aliphatic rings. The average molecular weight is 271 g/mol. The van der Waals surface area contributed by atoms with Crippen molar-refractivity contribution in [2.45, 2.75) is 25.4 Å². The molecule has 0 spiro atoms. The maximum Gasteiger partial charge on any atom is 0.275 e. The van der Waals surface area contributed by atoms with Crippen molar-refractivity contribution < 1.29 is 10.0 Å². The van der Waals surface area contributed by atoms with Crippen LogP contribution in [0.3, 0.4) is 0 Å². The van der Waals surface area contributed by atoms with Gasteiger partial charge >= 0.3 is 0 Å². The molecule has 0 aromatic heterocycles. The monoisotopic (exact) mass is 270 g/mol. The lowest BCUT2D eigenvalue weighted by atomic mass is 10.1. The topological polar surface area (TPSA) is 66.6 Å². The lowest BCUT2D eigenvalue weighted by Crippen LogP contribution is -2.29. The van der Waals surface area contributed by atoms with Crippen LogP contribution in [-0.2, 0) is 6.54 Å². The molecule has 1 aromatic rings. The van der Waals surface area contributed by atoms with E-state index in [1.165, 1.54) is 6.07 Å². The summed E-state index contributed by atoms with van der Waals surface area (Å²) in [4.78, 5) is 12.6. The quantitative estimate of drug-likeness (QED) is 0.636. The third-order valence-corrected chi connectivity index (χ3v) is 3.46. The van der Waals surface area contributed by atoms with Gasteiger partial charge in [-0.15, -0.1) is 0 Å². The fraction of sp³-hybridized carbons (Fsp3) is 0.500. The summed E-state index contributed by atoms with van der Waals surface area (Å²) in [5.74, 6) is 0. The van der Waals surface area contributed by atoms with Crippen LogP contribution in [0.5, 0.6) is 0 Å². The first kappa shape index (κ1) is 13.3. The molecule has 0 heterocycles. The van der Waals surface area contributed by atoms with Crippen LogP contribution in [-0.4, -0.2) is 34.1 Å². The van der Waals surface area contributed by atoms with Crippen LogP contribution in [0.25, 0.3) is 0 Å². The fourth-order valence-corrected chi connectivity index (χ4v) is 2.27. The second-order valence-electron chi connectivity index (χ2n) is 4.42. The predicted molar refractivity (Wildman–Crippen MR) is 68.6 cm³/mol. The van der Waals surface area contributed by atoms with Crippen LogP contribution in [0, 0.1) is 10.1 Å². The van der Waals surface area contributed by atoms with Crippen LogP contribution < -0.4 is 0 Å². The summed E-state index contributed by atoms with van der Waals surface area (Å²) in [6, 6.07) is 5.13. The van der Waals surface area contributed by atoms with E-state index in [1.807, 2.05) is 4.90 Å². The molecule has 6 heteroatoms. The number of aliphatic hydroxyl groups excluding tert-OH is 1. The molecule has 1 aromatic carbocycles. The van der Waals surface area contributed by atoms with Gasteiger partial charge < -0.3 is 5.11 Å². The first-order valence-electron chi connectivity index (χ1n) is 5.90. The summed E-state index contributed by atoms with van der Waals surface area (Å²) in [5.41, 5.74) is 0.579. The highest BCUT2D eigenvalue weighted by Crippen LogP contribution is 2.32. The number of rotatable bonds is 6. The molecule has 1 aliphatic carbocycles. The molecule has 18 heavy (non-hydrogen) atoms. The maximum absolute atomic E-state index is 11.0. The van der Waals surface area contributed by atoms with E-state index >= 15 is 0 Å². The summed E-state index contributed by atoms with van der Waals surface area (Å²) >= 11 is 6.05. The van der Waals surface area contributed by atoms with E-state index in [0.717, 1.165) is 12.8 Å². The van der Waals surface area contributed by atoms with Crippen molar-refractivity contribution in [3.63, 3.8) is 0 Å². The standard InChI is InChI=1S/C12H15ClN2O3/c13-11-2-1-3-12(15(17)18)10(11)8-14(6-7-16)9-4-5-9/h1-3,9,16H,4-8H2. The number of nitro groups is 1. The van der Waals surface area contributed by atoms with Crippen molar-refractivity contribution in [2.24, 2.45) is 0 Å². The van der Waals surface area contributed by atoms with Gasteiger partial charge in [0.05, 0.1) is 22.1 Å². The zero-order chi connectivity index (χ0) is 13.1. The Balaban J connectivity index is 2.23. The number of nitro benzene ring substituents is 1. The third kappa shape index (κ3) is 2.98. The summed E-state index contributed by atoms with van der Waals surface area (Å²) < 4.78 is 0. The van der Waals surface area contributed by atoms with E-state index in [4.69, 9.17) is 16.7 Å². The van der Waals surface area contributed by atoms with E-state index in [2.05, 4.69) is 0 Å². The van der Waals surface area contributed by atoms with Crippen molar-refractivity contribution in [1.82, 2.24) is 4.90 Å². The van der Waals surface area contributed by atoms with Crippen LogP contribution in [0.2, 0.25) is 5.02 Å². The van der Waals surface area contributed by atoms with Gasteiger partial charge in [-0.2, -0.15) is 0 Å². The zero-order valence-electron chi connectivity index (χ0n) is 9.88. The lowest BCUT2D eigenvalue weighted by Gasteiger charge is -2.21. The Morgan fingerprint density at radius 1 is 1.50 bits per heavy atom. The van der Waals surface area contributed by atoms with Crippen molar-refractivity contribution >= 4 is 17.3 Å². The highest BCUT2D eigenvalue weighted by molar-refractivity contribution is 6.31. The minimum absolute atomic E-state index is 0.0473. The summed E-state index contributed by atoms with van der Waals surface area (Å²) in [7, 11) is 0. The first-order valence-corrected chi connectivity index (χ1v) is 6.28. The molecule has 1 fully saturated rings. The molecule has 1 saturated carbocycles. The van der Waals surface area contributed by atoms with Crippen molar-refractivity contribution in [2.75, 3.05) is 13.2 Å². The maximum atomic E-state index is 11.0. The Morgan fingerprint density at radius 3 is 2.78 bits per heavy atom. The van der Waals surface area contributed by atoms with E-state index in [-0.39, 0.29) is 12.3 Å². The smallest absolute Gasteiger partial charge is 0.275 e. The van der Waals surface area contributed by atoms with Crippen LogP contribution in [0.4, 0.5) is 5.69 Å². The minimum atomic E-state index is -0.411. The van der Waals surface area contributed by atoms with Gasteiger partial charge in [-0.1, -0.05) is 17.7 Å². The summed E-state index contributed by atoms with van der Waals surface area (Å²) in [5, 5.41) is 20.4. The summed E-state index contributed by atoms with van der Waals surface area (Å²) in [6.07, 6.45) is 2.16. The van der Waals surface area contributed by atoms with Crippen LogP contribution in [0.1, 0.15) is 18.4 Å². The Kier molecular flexibility index (Phi) is 4.16. The molecular formula is C12H15ClN2O3. The molecule has 0 aliphatic heterocycles. The Labute approximate surface area is 110 Å². The van der Waals surface area contributed by atoms with Gasteiger partial charge in [0.25, 0.3) is 5.69 Å². The Hall–Kier alpha value is -1.17. The number of halogens is 1. The third-order valence-electron chi connectivity index (χ3n) is 3.10. The van der Waals surface area contributed by atoms with Gasteiger partial charge in [0.1, 0.15) is 0 Å². The van der Waals surface area contributed by atoms with Crippen molar-refractivity contribution in [1.29, 1.82) is 0 Å². The average Bonchev–Trinajstić information content (AvgIpc) is 3.14. The molecule has 98 valence electrons. The molecule has 0 bridgehead atoms. The van der Waals surface area contributed by atoms with Crippen LogP contribution in [0.15, 0.2) is 18.2 Å². The second kappa shape index (κ2) is 5.65. The Morgan fingerprint density at radius 2 is 2.22 bits per heavy atom. The summed E-state index contributed by atoms with van der Waals surface area (Å²) in [6.45, 7) is 0.989. The molecule has 0 atom stereocenters. The lowest BCUT2D eigenvalue weighted by molar-refractivity contribution is -0.385. The van der Waals surface area contributed by atoms with Gasteiger partial charge in [0, 0.05) is 25.2 Å². The molecule has 1 N–H and O–H groups in total. The number of nitrogens with zero attached hydrogens (tertiary/aromatic N) is 2. The normalized spacial score (nSPS) is 15.1. The van der Waals surface area contributed by atoms with E-state index < -0.39 is 4.92 Å². The second-order valence-corrected chi connectivity index (χ2v) is 4.83. The highest BCUT2D eigenvalue weighted by Gasteiger charge is 2.30. The largest absolute Gasteiger partial charge is 0.395 e.